The Hall–Kier alpha value is -1.18. The first-order valence-corrected chi connectivity index (χ1v) is 8.84. The normalized spacial score (nSPS) is 22.9. The number of aryl methyl sites for hydroxylation is 1. The van der Waals surface area contributed by atoms with Crippen molar-refractivity contribution in [3.05, 3.63) is 11.3 Å². The Morgan fingerprint density at radius 3 is 2.57 bits per heavy atom. The van der Waals surface area contributed by atoms with Crippen LogP contribution in [0.25, 0.3) is 0 Å². The van der Waals surface area contributed by atoms with E-state index in [0.717, 1.165) is 23.8 Å². The zero-order valence-electron chi connectivity index (χ0n) is 14.9. The topological polar surface area (TPSA) is 66.5 Å². The summed E-state index contributed by atoms with van der Waals surface area (Å²) in [5, 5.41) is 6.92. The fraction of sp³-hybridized carbons (Fsp3) is 0.750. The fourth-order valence-corrected chi connectivity index (χ4v) is 3.72. The summed E-state index contributed by atoms with van der Waals surface area (Å²) < 4.78 is 10.1. The lowest BCUT2D eigenvalue weighted by Crippen LogP contribution is -2.58. The molecule has 1 aromatic rings. The molecule has 0 radical (unpaired) electrons. The maximum Gasteiger partial charge on any atom is 0.256 e. The quantitative estimate of drug-likeness (QED) is 0.859. The number of ether oxygens (including phenoxy) is 1. The SMILES string of the molecule is CNc1snc(C)c1C(=O)NCC(C)(C)N1C[C@@H](C)O[C@@H](C)C1. The zero-order chi connectivity index (χ0) is 17.2. The molecule has 1 amide bonds. The number of aromatic nitrogens is 1. The number of morpholine rings is 1. The fourth-order valence-electron chi connectivity index (χ4n) is 2.98. The second-order valence-electron chi connectivity index (χ2n) is 6.88. The second kappa shape index (κ2) is 7.15. The zero-order valence-corrected chi connectivity index (χ0v) is 15.7. The predicted molar refractivity (Wildman–Crippen MR) is 94.4 cm³/mol. The number of amides is 1. The number of hydrogen-bond acceptors (Lipinski definition) is 6. The van der Waals surface area contributed by atoms with Crippen LogP contribution in [0.1, 0.15) is 43.7 Å². The van der Waals surface area contributed by atoms with Gasteiger partial charge < -0.3 is 15.4 Å². The van der Waals surface area contributed by atoms with E-state index in [2.05, 4.69) is 47.6 Å². The summed E-state index contributed by atoms with van der Waals surface area (Å²) in [6, 6.07) is 0. The van der Waals surface area contributed by atoms with E-state index in [1.807, 2.05) is 14.0 Å². The van der Waals surface area contributed by atoms with Crippen molar-refractivity contribution in [2.45, 2.75) is 52.4 Å². The number of nitrogens with zero attached hydrogens (tertiary/aromatic N) is 2. The molecule has 6 nitrogen and oxygen atoms in total. The van der Waals surface area contributed by atoms with Crippen LogP contribution in [0.4, 0.5) is 5.00 Å². The molecule has 7 heteroatoms. The minimum Gasteiger partial charge on any atom is -0.378 e. The van der Waals surface area contributed by atoms with Gasteiger partial charge in [-0.05, 0) is 46.2 Å². The van der Waals surface area contributed by atoms with E-state index in [1.165, 1.54) is 11.5 Å². The van der Waals surface area contributed by atoms with Crippen LogP contribution in [-0.2, 0) is 4.74 Å². The van der Waals surface area contributed by atoms with Crippen LogP contribution >= 0.6 is 11.5 Å². The largest absolute Gasteiger partial charge is 0.378 e. The van der Waals surface area contributed by atoms with Gasteiger partial charge in [0, 0.05) is 32.2 Å². The van der Waals surface area contributed by atoms with Gasteiger partial charge in [-0.3, -0.25) is 9.69 Å². The average molecular weight is 340 g/mol. The van der Waals surface area contributed by atoms with E-state index < -0.39 is 0 Å². The molecule has 2 heterocycles. The highest BCUT2D eigenvalue weighted by molar-refractivity contribution is 7.10. The van der Waals surface area contributed by atoms with Crippen molar-refractivity contribution in [1.29, 1.82) is 0 Å². The van der Waals surface area contributed by atoms with Crippen molar-refractivity contribution >= 4 is 22.4 Å². The van der Waals surface area contributed by atoms with Crippen LogP contribution in [0.2, 0.25) is 0 Å². The van der Waals surface area contributed by atoms with Crippen molar-refractivity contribution in [2.24, 2.45) is 0 Å². The smallest absolute Gasteiger partial charge is 0.256 e. The number of rotatable bonds is 5. The molecule has 0 spiro atoms. The molecule has 1 aromatic heterocycles. The van der Waals surface area contributed by atoms with Gasteiger partial charge in [-0.2, -0.15) is 4.37 Å². The van der Waals surface area contributed by atoms with E-state index in [1.54, 1.807) is 0 Å². The highest BCUT2D eigenvalue weighted by Crippen LogP contribution is 2.24. The lowest BCUT2D eigenvalue weighted by molar-refractivity contribution is -0.0948. The second-order valence-corrected chi connectivity index (χ2v) is 7.65. The minimum atomic E-state index is -0.126. The first-order valence-electron chi connectivity index (χ1n) is 8.07. The predicted octanol–water partition coefficient (Wildman–Crippen LogP) is 2.11. The maximum absolute atomic E-state index is 12.5. The number of hydrogen-bond donors (Lipinski definition) is 2. The highest BCUT2D eigenvalue weighted by atomic mass is 32.1. The van der Waals surface area contributed by atoms with Crippen molar-refractivity contribution in [3.8, 4) is 0 Å². The first-order chi connectivity index (χ1) is 10.7. The van der Waals surface area contributed by atoms with Crippen LogP contribution in [0, 0.1) is 6.92 Å². The number of carbonyl (C=O) groups excluding carboxylic acids is 1. The van der Waals surface area contributed by atoms with Crippen molar-refractivity contribution in [3.63, 3.8) is 0 Å². The molecule has 1 aliphatic rings. The first kappa shape index (κ1) is 18.2. The van der Waals surface area contributed by atoms with Crippen LogP contribution < -0.4 is 10.6 Å². The Kier molecular flexibility index (Phi) is 5.65. The minimum absolute atomic E-state index is 0.0666. The monoisotopic (exact) mass is 340 g/mol. The van der Waals surface area contributed by atoms with E-state index in [4.69, 9.17) is 4.74 Å². The van der Waals surface area contributed by atoms with E-state index in [0.29, 0.717) is 12.1 Å². The van der Waals surface area contributed by atoms with Gasteiger partial charge in [0.15, 0.2) is 0 Å². The maximum atomic E-state index is 12.5. The molecule has 0 bridgehead atoms. The Morgan fingerprint density at radius 1 is 1.39 bits per heavy atom. The van der Waals surface area contributed by atoms with Crippen LogP contribution in [0.3, 0.4) is 0 Å². The molecule has 1 fully saturated rings. The molecule has 0 aliphatic carbocycles. The molecule has 2 rings (SSSR count). The lowest BCUT2D eigenvalue weighted by atomic mass is 10.00. The molecule has 2 atom stereocenters. The van der Waals surface area contributed by atoms with Crippen molar-refractivity contribution in [1.82, 2.24) is 14.6 Å². The van der Waals surface area contributed by atoms with Gasteiger partial charge in [0.2, 0.25) is 0 Å². The molecular weight excluding hydrogens is 312 g/mol. The molecule has 0 aromatic carbocycles. The summed E-state index contributed by atoms with van der Waals surface area (Å²) in [5.41, 5.74) is 1.29. The summed E-state index contributed by atoms with van der Waals surface area (Å²) in [6.07, 6.45) is 0.431. The third-order valence-corrected chi connectivity index (χ3v) is 5.23. The molecule has 130 valence electrons. The molecule has 0 unspecified atom stereocenters. The van der Waals surface area contributed by atoms with E-state index in [-0.39, 0.29) is 23.7 Å². The van der Waals surface area contributed by atoms with Crippen molar-refractivity contribution in [2.75, 3.05) is 32.0 Å². The molecule has 1 saturated heterocycles. The van der Waals surface area contributed by atoms with Gasteiger partial charge in [0.1, 0.15) is 5.00 Å². The Labute approximate surface area is 142 Å². The van der Waals surface area contributed by atoms with Gasteiger partial charge in [-0.1, -0.05) is 0 Å². The standard InChI is InChI=1S/C16H28N4O2S/c1-10-7-20(8-11(2)22-10)16(4,5)9-18-14(21)13-12(3)19-23-15(13)17-6/h10-11,17H,7-9H2,1-6H3,(H,18,21)/t10-,11+. The van der Waals surface area contributed by atoms with Crippen LogP contribution in [0.5, 0.6) is 0 Å². The summed E-state index contributed by atoms with van der Waals surface area (Å²) in [6.45, 7) is 12.7. The molecule has 1 aliphatic heterocycles. The Balaban J connectivity index is 2.01. The molecule has 0 saturated carbocycles. The molecule has 23 heavy (non-hydrogen) atoms. The van der Waals surface area contributed by atoms with Crippen LogP contribution in [0.15, 0.2) is 0 Å². The summed E-state index contributed by atoms with van der Waals surface area (Å²) >= 11 is 1.32. The number of carbonyl (C=O) groups is 1. The van der Waals surface area contributed by atoms with E-state index in [9.17, 15) is 4.79 Å². The van der Waals surface area contributed by atoms with Gasteiger partial charge >= 0.3 is 0 Å². The van der Waals surface area contributed by atoms with Gasteiger partial charge in [-0.25, -0.2) is 0 Å². The van der Waals surface area contributed by atoms with Crippen molar-refractivity contribution < 1.29 is 9.53 Å². The number of nitrogens with one attached hydrogen (secondary N) is 2. The Bertz CT molecular complexity index is 548. The average Bonchev–Trinajstić information content (AvgIpc) is 2.85. The van der Waals surface area contributed by atoms with Gasteiger partial charge in [0.25, 0.3) is 5.91 Å². The highest BCUT2D eigenvalue weighted by Gasteiger charge is 2.33. The van der Waals surface area contributed by atoms with Gasteiger partial charge in [-0.15, -0.1) is 0 Å². The summed E-state index contributed by atoms with van der Waals surface area (Å²) in [4.78, 5) is 14.9. The third kappa shape index (κ3) is 4.22. The molecular formula is C16H28N4O2S. The summed E-state index contributed by atoms with van der Waals surface area (Å²) in [5.74, 6) is -0.0666. The summed E-state index contributed by atoms with van der Waals surface area (Å²) in [7, 11) is 1.81. The lowest BCUT2D eigenvalue weighted by Gasteiger charge is -2.45. The molecule has 2 N–H and O–H groups in total. The van der Waals surface area contributed by atoms with Crippen LogP contribution in [-0.4, -0.2) is 59.6 Å². The van der Waals surface area contributed by atoms with E-state index >= 15 is 0 Å². The number of anilines is 1. The third-order valence-electron chi connectivity index (χ3n) is 4.27. The van der Waals surface area contributed by atoms with Gasteiger partial charge in [0.05, 0.1) is 23.5 Å². The Morgan fingerprint density at radius 2 is 2.00 bits per heavy atom.